The lowest BCUT2D eigenvalue weighted by Gasteiger charge is -2.33. The molecule has 0 aromatic heterocycles. The van der Waals surface area contributed by atoms with Crippen LogP contribution in [0.25, 0.3) is 0 Å². The van der Waals surface area contributed by atoms with Gasteiger partial charge in [-0.25, -0.2) is 8.42 Å². The molecule has 7 nitrogen and oxygen atoms in total. The molecule has 0 bridgehead atoms. The Morgan fingerprint density at radius 3 is 2.31 bits per heavy atom. The zero-order valence-electron chi connectivity index (χ0n) is 20.2. The summed E-state index contributed by atoms with van der Waals surface area (Å²) < 4.78 is 26.3. The van der Waals surface area contributed by atoms with Gasteiger partial charge in [-0.15, -0.1) is 0 Å². The predicted octanol–water partition coefficient (Wildman–Crippen LogP) is 5.28. The van der Waals surface area contributed by atoms with Gasteiger partial charge in [-0.1, -0.05) is 72.3 Å². The van der Waals surface area contributed by atoms with Crippen molar-refractivity contribution in [2.24, 2.45) is 0 Å². The van der Waals surface area contributed by atoms with Crippen molar-refractivity contribution in [2.75, 3.05) is 17.1 Å². The molecule has 0 radical (unpaired) electrons. The van der Waals surface area contributed by atoms with Crippen molar-refractivity contribution in [3.63, 3.8) is 0 Å². The summed E-state index contributed by atoms with van der Waals surface area (Å²) in [6.45, 7) is 1.11. The number of carbonyl (C=O) groups is 2. The normalized spacial score (nSPS) is 15.2. The van der Waals surface area contributed by atoms with Crippen LogP contribution in [0.1, 0.15) is 44.6 Å². The van der Waals surface area contributed by atoms with Crippen LogP contribution < -0.4 is 9.62 Å². The zero-order chi connectivity index (χ0) is 26.5. The molecule has 1 aliphatic carbocycles. The van der Waals surface area contributed by atoms with E-state index in [9.17, 15) is 18.0 Å². The van der Waals surface area contributed by atoms with Gasteiger partial charge in [-0.2, -0.15) is 0 Å². The summed E-state index contributed by atoms with van der Waals surface area (Å²) in [6.07, 6.45) is 6.03. The summed E-state index contributed by atoms with van der Waals surface area (Å²) in [5.74, 6) is -0.865. The average Bonchev–Trinajstić information content (AvgIpc) is 2.82. The van der Waals surface area contributed by atoms with Crippen LogP contribution in [0.3, 0.4) is 0 Å². The van der Waals surface area contributed by atoms with Crippen LogP contribution in [0, 0.1) is 0 Å². The van der Waals surface area contributed by atoms with E-state index in [1.165, 1.54) is 23.1 Å². The summed E-state index contributed by atoms with van der Waals surface area (Å²) in [7, 11) is -3.90. The predicted molar refractivity (Wildman–Crippen MR) is 145 cm³/mol. The zero-order valence-corrected chi connectivity index (χ0v) is 23.3. The monoisotopic (exact) mass is 573 g/mol. The Morgan fingerprint density at radius 2 is 1.69 bits per heavy atom. The van der Waals surface area contributed by atoms with Crippen molar-refractivity contribution in [3.05, 3.63) is 63.1 Å². The lowest BCUT2D eigenvalue weighted by atomic mass is 9.95. The van der Waals surface area contributed by atoms with Crippen LogP contribution in [-0.2, 0) is 26.2 Å². The van der Waals surface area contributed by atoms with Gasteiger partial charge in [0.15, 0.2) is 0 Å². The van der Waals surface area contributed by atoms with Crippen LogP contribution in [0.15, 0.2) is 42.5 Å². The molecule has 1 atom stereocenters. The summed E-state index contributed by atoms with van der Waals surface area (Å²) in [6, 6.07) is 10.6. The second-order valence-electron chi connectivity index (χ2n) is 9.00. The maximum atomic E-state index is 13.6. The van der Waals surface area contributed by atoms with Crippen LogP contribution in [-0.4, -0.2) is 50.0 Å². The molecule has 0 aliphatic heterocycles. The number of hydrogen-bond donors (Lipinski definition) is 1. The molecule has 2 aromatic carbocycles. The molecule has 11 heteroatoms. The molecule has 1 fully saturated rings. The minimum absolute atomic E-state index is 0.0315. The first-order chi connectivity index (χ1) is 17.0. The highest BCUT2D eigenvalue weighted by atomic mass is 35.5. The fraction of sp³-hybridized carbons (Fsp3) is 0.440. The van der Waals surface area contributed by atoms with E-state index in [4.69, 9.17) is 34.8 Å². The summed E-state index contributed by atoms with van der Waals surface area (Å²) in [5.41, 5.74) is 0.759. The number of hydrogen-bond acceptors (Lipinski definition) is 4. The first kappa shape index (κ1) is 28.6. The lowest BCUT2D eigenvalue weighted by molar-refractivity contribution is -0.139. The Labute approximate surface area is 227 Å². The molecule has 1 unspecified atom stereocenters. The first-order valence-electron chi connectivity index (χ1n) is 11.7. The molecule has 1 saturated carbocycles. The SMILES string of the molecule is CC(C(=O)NC1CCCCC1)N(Cc1ccccc1Cl)C(=O)CN(c1ccc(Cl)cc1Cl)S(C)(=O)=O. The van der Waals surface area contributed by atoms with E-state index in [0.29, 0.717) is 15.6 Å². The number of rotatable bonds is 9. The third-order valence-electron chi connectivity index (χ3n) is 6.27. The highest BCUT2D eigenvalue weighted by Gasteiger charge is 2.32. The number of sulfonamides is 1. The molecule has 0 saturated heterocycles. The average molecular weight is 575 g/mol. The van der Waals surface area contributed by atoms with Gasteiger partial charge in [0, 0.05) is 22.6 Å². The maximum absolute atomic E-state index is 13.6. The van der Waals surface area contributed by atoms with Crippen molar-refractivity contribution in [2.45, 2.75) is 57.7 Å². The molecule has 196 valence electrons. The molecule has 0 spiro atoms. The van der Waals surface area contributed by atoms with E-state index >= 15 is 0 Å². The molecule has 36 heavy (non-hydrogen) atoms. The Morgan fingerprint density at radius 1 is 1.03 bits per heavy atom. The van der Waals surface area contributed by atoms with E-state index < -0.39 is 28.5 Å². The van der Waals surface area contributed by atoms with Crippen LogP contribution in [0.4, 0.5) is 5.69 Å². The van der Waals surface area contributed by atoms with Gasteiger partial charge in [-0.3, -0.25) is 13.9 Å². The van der Waals surface area contributed by atoms with E-state index in [-0.39, 0.29) is 29.2 Å². The number of nitrogens with one attached hydrogen (secondary N) is 1. The van der Waals surface area contributed by atoms with Gasteiger partial charge in [0.05, 0.1) is 17.0 Å². The summed E-state index contributed by atoms with van der Waals surface area (Å²) in [4.78, 5) is 28.2. The van der Waals surface area contributed by atoms with Crippen LogP contribution in [0.5, 0.6) is 0 Å². The van der Waals surface area contributed by atoms with Crippen LogP contribution in [0.2, 0.25) is 15.1 Å². The second-order valence-corrected chi connectivity index (χ2v) is 12.2. The highest BCUT2D eigenvalue weighted by Crippen LogP contribution is 2.31. The van der Waals surface area contributed by atoms with Crippen molar-refractivity contribution in [1.82, 2.24) is 10.2 Å². The molecule has 1 N–H and O–H groups in total. The number of benzene rings is 2. The van der Waals surface area contributed by atoms with Crippen molar-refractivity contribution < 1.29 is 18.0 Å². The van der Waals surface area contributed by atoms with E-state index in [1.807, 2.05) is 0 Å². The largest absolute Gasteiger partial charge is 0.352 e. The Bertz CT molecular complexity index is 1200. The molecule has 2 aromatic rings. The highest BCUT2D eigenvalue weighted by molar-refractivity contribution is 7.92. The Balaban J connectivity index is 1.90. The van der Waals surface area contributed by atoms with Crippen molar-refractivity contribution >= 4 is 62.3 Å². The number of nitrogens with zero attached hydrogens (tertiary/aromatic N) is 2. The van der Waals surface area contributed by atoms with E-state index in [1.54, 1.807) is 31.2 Å². The lowest BCUT2D eigenvalue weighted by Crippen LogP contribution is -2.53. The smallest absolute Gasteiger partial charge is 0.244 e. The van der Waals surface area contributed by atoms with Crippen molar-refractivity contribution in [1.29, 1.82) is 0 Å². The van der Waals surface area contributed by atoms with Crippen molar-refractivity contribution in [3.8, 4) is 0 Å². The minimum Gasteiger partial charge on any atom is -0.352 e. The number of halogens is 3. The van der Waals surface area contributed by atoms with Crippen LogP contribution >= 0.6 is 34.8 Å². The quantitative estimate of drug-likeness (QED) is 0.442. The van der Waals surface area contributed by atoms with Gasteiger partial charge < -0.3 is 10.2 Å². The van der Waals surface area contributed by atoms with Gasteiger partial charge in [-0.05, 0) is 49.6 Å². The molecular formula is C25H30Cl3N3O4S. The molecule has 0 heterocycles. The Kier molecular flexibility index (Phi) is 9.92. The number of anilines is 1. The summed E-state index contributed by atoms with van der Waals surface area (Å²) >= 11 is 18.6. The topological polar surface area (TPSA) is 86.8 Å². The second kappa shape index (κ2) is 12.5. The third kappa shape index (κ3) is 7.51. The fourth-order valence-electron chi connectivity index (χ4n) is 4.24. The number of carbonyl (C=O) groups excluding carboxylic acids is 2. The fourth-order valence-corrected chi connectivity index (χ4v) is 5.86. The molecular weight excluding hydrogens is 545 g/mol. The standard InChI is InChI=1S/C25H30Cl3N3O4S/c1-17(25(33)29-20-9-4-3-5-10-20)30(15-18-8-6-7-11-21(18)27)24(32)16-31(36(2,34)35)23-13-12-19(26)14-22(23)28/h6-8,11-14,17,20H,3-5,9-10,15-16H2,1-2H3,(H,29,33). The third-order valence-corrected chi connectivity index (χ3v) is 8.31. The molecule has 3 rings (SSSR count). The minimum atomic E-state index is -3.90. The van der Waals surface area contributed by atoms with Gasteiger partial charge in [0.25, 0.3) is 0 Å². The maximum Gasteiger partial charge on any atom is 0.244 e. The van der Waals surface area contributed by atoms with E-state index in [0.717, 1.165) is 42.7 Å². The molecule has 2 amide bonds. The summed E-state index contributed by atoms with van der Waals surface area (Å²) in [5, 5.41) is 3.91. The van der Waals surface area contributed by atoms with Gasteiger partial charge in [0.1, 0.15) is 12.6 Å². The first-order valence-corrected chi connectivity index (χ1v) is 14.7. The number of amides is 2. The van der Waals surface area contributed by atoms with E-state index in [2.05, 4.69) is 5.32 Å². The van der Waals surface area contributed by atoms with Gasteiger partial charge in [0.2, 0.25) is 21.8 Å². The van der Waals surface area contributed by atoms with Gasteiger partial charge >= 0.3 is 0 Å². The Hall–Kier alpha value is -2.00. The molecule has 1 aliphatic rings.